The van der Waals surface area contributed by atoms with Gasteiger partial charge in [-0.1, -0.05) is 53.7 Å². The average Bonchev–Trinajstić information content (AvgIpc) is 2.99. The van der Waals surface area contributed by atoms with Crippen LogP contribution < -0.4 is 4.74 Å². The van der Waals surface area contributed by atoms with Crippen molar-refractivity contribution in [2.24, 2.45) is 0 Å². The smallest absolute Gasteiger partial charge is 0.346 e. The van der Waals surface area contributed by atoms with Gasteiger partial charge in [0.15, 0.2) is 0 Å². The van der Waals surface area contributed by atoms with Crippen LogP contribution in [0.3, 0.4) is 0 Å². The highest BCUT2D eigenvalue weighted by Gasteiger charge is 2.25. The van der Waals surface area contributed by atoms with Crippen molar-refractivity contribution in [2.45, 2.75) is 4.90 Å². The van der Waals surface area contributed by atoms with E-state index in [0.29, 0.717) is 21.8 Å². The maximum absolute atomic E-state index is 12.6. The van der Waals surface area contributed by atoms with Crippen molar-refractivity contribution < 1.29 is 14.3 Å². The van der Waals surface area contributed by atoms with Crippen LogP contribution in [0, 0.1) is 0 Å². The number of allylic oxidation sites excluding steroid dienone is 1. The lowest BCUT2D eigenvalue weighted by Gasteiger charge is -2.08. The zero-order chi connectivity index (χ0) is 18.8. The molecule has 0 radical (unpaired) electrons. The molecule has 0 N–H and O–H groups in total. The third-order valence-corrected chi connectivity index (χ3v) is 5.36. The Morgan fingerprint density at radius 2 is 1.81 bits per heavy atom. The summed E-state index contributed by atoms with van der Waals surface area (Å²) in [6.45, 7) is 0. The van der Waals surface area contributed by atoms with Gasteiger partial charge in [0.1, 0.15) is 10.9 Å². The lowest BCUT2D eigenvalue weighted by molar-refractivity contribution is 0.0734. The molecule has 27 heavy (non-hydrogen) atoms. The van der Waals surface area contributed by atoms with Crippen LogP contribution >= 0.6 is 23.4 Å². The molecule has 132 valence electrons. The molecule has 0 fully saturated rings. The summed E-state index contributed by atoms with van der Waals surface area (Å²) in [4.78, 5) is 30.4. The molecule has 1 aromatic heterocycles. The molecular formula is C21H12ClNO3S. The molecular weight excluding hydrogens is 382 g/mol. The molecule has 2 aromatic carbocycles. The molecule has 4 rings (SSSR count). The largest absolute Gasteiger partial charge is 0.422 e. The van der Waals surface area contributed by atoms with E-state index in [1.165, 1.54) is 18.0 Å². The first-order valence-electron chi connectivity index (χ1n) is 8.08. The first-order chi connectivity index (χ1) is 13.1. The number of carbonyl (C=O) groups is 2. The molecule has 0 spiro atoms. The quantitative estimate of drug-likeness (QED) is 0.262. The first-order valence-corrected chi connectivity index (χ1v) is 9.28. The first kappa shape index (κ1) is 17.5. The van der Waals surface area contributed by atoms with E-state index in [1.54, 1.807) is 36.4 Å². The van der Waals surface area contributed by atoms with Crippen molar-refractivity contribution in [3.8, 4) is 5.75 Å². The van der Waals surface area contributed by atoms with Crippen molar-refractivity contribution in [3.63, 3.8) is 0 Å². The fourth-order valence-corrected chi connectivity index (χ4v) is 3.90. The molecule has 0 aliphatic carbocycles. The van der Waals surface area contributed by atoms with Gasteiger partial charge in [-0.15, -0.1) is 0 Å². The Bertz CT molecular complexity index is 1090. The standard InChI is InChI=1S/C21H12ClNO3S/c22-20-15(8-5-11-23-20)21(25)26-16-9-3-1-6-13(16)12-18-19(24)14-7-2-4-10-17(14)27-18/h1-12H/b18-12-. The SMILES string of the molecule is O=C1/C(=C/c2ccccc2OC(=O)c2cccnc2Cl)Sc2ccccc21. The van der Waals surface area contributed by atoms with E-state index in [9.17, 15) is 9.59 Å². The summed E-state index contributed by atoms with van der Waals surface area (Å²) in [5, 5.41) is 0.0790. The van der Waals surface area contributed by atoms with Gasteiger partial charge in [-0.25, -0.2) is 9.78 Å². The molecule has 1 aliphatic heterocycles. The Morgan fingerprint density at radius 1 is 1.04 bits per heavy atom. The number of ketones is 1. The number of Topliss-reactive ketones (excluding diaryl/α,β-unsaturated/α-hetero) is 1. The topological polar surface area (TPSA) is 56.3 Å². The van der Waals surface area contributed by atoms with Gasteiger partial charge in [-0.05, 0) is 36.4 Å². The summed E-state index contributed by atoms with van der Waals surface area (Å²) in [6, 6.07) is 17.7. The number of para-hydroxylation sites is 1. The van der Waals surface area contributed by atoms with E-state index in [0.717, 1.165) is 4.90 Å². The Balaban J connectivity index is 1.64. The van der Waals surface area contributed by atoms with Crippen molar-refractivity contribution in [1.82, 2.24) is 4.98 Å². The highest BCUT2D eigenvalue weighted by atomic mass is 35.5. The maximum atomic E-state index is 12.6. The molecule has 0 saturated heterocycles. The second-order valence-corrected chi connectivity index (χ2v) is 7.15. The fourth-order valence-electron chi connectivity index (χ4n) is 2.66. The minimum atomic E-state index is -0.604. The number of thioether (sulfide) groups is 1. The van der Waals surface area contributed by atoms with Gasteiger partial charge in [0, 0.05) is 22.2 Å². The second-order valence-electron chi connectivity index (χ2n) is 5.71. The summed E-state index contributed by atoms with van der Waals surface area (Å²) in [6.07, 6.45) is 3.23. The Kier molecular flexibility index (Phi) is 4.79. The van der Waals surface area contributed by atoms with Crippen LogP contribution in [0.25, 0.3) is 6.08 Å². The Labute approximate surface area is 164 Å². The summed E-state index contributed by atoms with van der Waals surface area (Å²) in [5.41, 5.74) is 1.50. The van der Waals surface area contributed by atoms with Gasteiger partial charge in [-0.2, -0.15) is 0 Å². The zero-order valence-corrected chi connectivity index (χ0v) is 15.5. The summed E-state index contributed by atoms with van der Waals surface area (Å²) in [7, 11) is 0. The fraction of sp³-hybridized carbons (Fsp3) is 0. The van der Waals surface area contributed by atoms with Crippen molar-refractivity contribution in [2.75, 3.05) is 0 Å². The van der Waals surface area contributed by atoms with Gasteiger partial charge in [-0.3, -0.25) is 4.79 Å². The second kappa shape index (κ2) is 7.39. The highest BCUT2D eigenvalue weighted by Crippen LogP contribution is 2.41. The lowest BCUT2D eigenvalue weighted by Crippen LogP contribution is -2.10. The number of hydrogen-bond donors (Lipinski definition) is 0. The number of carbonyl (C=O) groups excluding carboxylic acids is 2. The van der Waals surface area contributed by atoms with Crippen LogP contribution in [0.2, 0.25) is 5.15 Å². The molecule has 2 heterocycles. The molecule has 1 aliphatic rings. The number of nitrogens with zero attached hydrogens (tertiary/aromatic N) is 1. The number of ether oxygens (including phenoxy) is 1. The molecule has 0 amide bonds. The van der Waals surface area contributed by atoms with E-state index in [1.807, 2.05) is 30.3 Å². The van der Waals surface area contributed by atoms with Crippen LogP contribution in [0.5, 0.6) is 5.75 Å². The van der Waals surface area contributed by atoms with E-state index < -0.39 is 5.97 Å². The summed E-state index contributed by atoms with van der Waals surface area (Å²) < 4.78 is 5.51. The van der Waals surface area contributed by atoms with Gasteiger partial charge < -0.3 is 4.74 Å². The van der Waals surface area contributed by atoms with Crippen LogP contribution in [-0.2, 0) is 0 Å². The van der Waals surface area contributed by atoms with Gasteiger partial charge in [0.25, 0.3) is 0 Å². The van der Waals surface area contributed by atoms with E-state index in [-0.39, 0.29) is 16.5 Å². The van der Waals surface area contributed by atoms with Gasteiger partial charge in [0.2, 0.25) is 5.78 Å². The van der Waals surface area contributed by atoms with Gasteiger partial charge in [0.05, 0.1) is 10.5 Å². The van der Waals surface area contributed by atoms with E-state index in [2.05, 4.69) is 4.98 Å². The minimum absolute atomic E-state index is 0.0352. The molecule has 6 heteroatoms. The number of fused-ring (bicyclic) bond motifs is 1. The molecule has 0 saturated carbocycles. The Hall–Kier alpha value is -2.89. The number of halogens is 1. The van der Waals surface area contributed by atoms with Crippen molar-refractivity contribution in [3.05, 3.63) is 93.6 Å². The van der Waals surface area contributed by atoms with Crippen LogP contribution in [-0.4, -0.2) is 16.7 Å². The lowest BCUT2D eigenvalue weighted by atomic mass is 10.1. The number of pyridine rings is 1. The monoisotopic (exact) mass is 393 g/mol. The van der Waals surface area contributed by atoms with Crippen molar-refractivity contribution >= 4 is 41.2 Å². The van der Waals surface area contributed by atoms with Crippen LogP contribution in [0.15, 0.2) is 76.7 Å². The number of benzene rings is 2. The normalized spacial score (nSPS) is 14.3. The molecule has 0 bridgehead atoms. The third-order valence-electron chi connectivity index (χ3n) is 3.96. The summed E-state index contributed by atoms with van der Waals surface area (Å²) >= 11 is 7.37. The highest BCUT2D eigenvalue weighted by molar-refractivity contribution is 8.04. The third kappa shape index (κ3) is 3.52. The van der Waals surface area contributed by atoms with E-state index in [4.69, 9.17) is 16.3 Å². The number of rotatable bonds is 3. The maximum Gasteiger partial charge on any atom is 0.346 e. The predicted octanol–water partition coefficient (Wildman–Crippen LogP) is 5.28. The van der Waals surface area contributed by atoms with E-state index >= 15 is 0 Å². The Morgan fingerprint density at radius 3 is 2.63 bits per heavy atom. The molecule has 4 nitrogen and oxygen atoms in total. The van der Waals surface area contributed by atoms with Crippen LogP contribution in [0.4, 0.5) is 0 Å². The molecule has 0 atom stereocenters. The van der Waals surface area contributed by atoms with Crippen molar-refractivity contribution in [1.29, 1.82) is 0 Å². The number of aromatic nitrogens is 1. The zero-order valence-electron chi connectivity index (χ0n) is 13.9. The number of esters is 1. The molecule has 3 aromatic rings. The van der Waals surface area contributed by atoms with Gasteiger partial charge >= 0.3 is 5.97 Å². The minimum Gasteiger partial charge on any atom is -0.422 e. The summed E-state index contributed by atoms with van der Waals surface area (Å²) in [5.74, 6) is -0.293. The average molecular weight is 394 g/mol. The number of hydrogen-bond acceptors (Lipinski definition) is 5. The predicted molar refractivity (Wildman–Crippen MR) is 105 cm³/mol. The molecule has 0 unspecified atom stereocenters. The van der Waals surface area contributed by atoms with Crippen LogP contribution in [0.1, 0.15) is 26.3 Å².